The summed E-state index contributed by atoms with van der Waals surface area (Å²) >= 11 is 5.07. The molecule has 2 rings (SSSR count). The molecule has 0 aliphatic heterocycles. The lowest BCUT2D eigenvalue weighted by Crippen LogP contribution is -2.18. The Labute approximate surface area is 98.7 Å². The number of nitrogens with one attached hydrogen (secondary N) is 1. The van der Waals surface area contributed by atoms with Crippen LogP contribution in [0.25, 0.3) is 5.69 Å². The van der Waals surface area contributed by atoms with Gasteiger partial charge in [-0.1, -0.05) is 30.4 Å². The van der Waals surface area contributed by atoms with Crippen molar-refractivity contribution in [2.24, 2.45) is 0 Å². The van der Waals surface area contributed by atoms with Crippen LogP contribution >= 0.6 is 12.2 Å². The van der Waals surface area contributed by atoms with E-state index in [9.17, 15) is 4.79 Å². The number of aromatic nitrogens is 2. The van der Waals surface area contributed by atoms with Gasteiger partial charge in [0, 0.05) is 10.6 Å². The maximum atomic E-state index is 12.1. The fraction of sp³-hybridized carbons (Fsp3) is 0.167. The van der Waals surface area contributed by atoms with Gasteiger partial charge in [-0.15, -0.1) is 0 Å². The Balaban J connectivity index is 2.66. The fourth-order valence-corrected chi connectivity index (χ4v) is 1.96. The van der Waals surface area contributed by atoms with Crippen LogP contribution in [-0.4, -0.2) is 14.6 Å². The summed E-state index contributed by atoms with van der Waals surface area (Å²) in [6.07, 6.45) is 0. The Bertz CT molecular complexity index is 581. The van der Waals surface area contributed by atoms with Crippen LogP contribution in [0.5, 0.6) is 0 Å². The average Bonchev–Trinajstić information content (AvgIpc) is 2.55. The molecule has 16 heavy (non-hydrogen) atoms. The molecule has 0 atom stereocenters. The number of para-hydroxylation sites is 1. The molecule has 0 fully saturated rings. The second-order valence-corrected chi connectivity index (χ2v) is 4.26. The van der Waals surface area contributed by atoms with Crippen LogP contribution < -0.4 is 5.56 Å². The number of hydrogen-bond donors (Lipinski definition) is 1. The van der Waals surface area contributed by atoms with Crippen LogP contribution in [0.1, 0.15) is 18.2 Å². The van der Waals surface area contributed by atoms with E-state index in [0.29, 0.717) is 10.4 Å². The third kappa shape index (κ3) is 1.72. The summed E-state index contributed by atoms with van der Waals surface area (Å²) in [5.41, 5.74) is 2.13. The van der Waals surface area contributed by atoms with Crippen molar-refractivity contribution in [2.75, 3.05) is 0 Å². The summed E-state index contributed by atoms with van der Waals surface area (Å²) in [4.78, 5) is 12.7. The SMILES string of the molecule is CC(=S)c1c(C)[nH]n(-c2ccccc2)c1=O. The first-order chi connectivity index (χ1) is 7.61. The van der Waals surface area contributed by atoms with E-state index in [1.807, 2.05) is 37.3 Å². The molecular weight excluding hydrogens is 220 g/mol. The molecule has 0 saturated heterocycles. The summed E-state index contributed by atoms with van der Waals surface area (Å²) in [5, 5.41) is 3.03. The maximum absolute atomic E-state index is 12.1. The van der Waals surface area contributed by atoms with Gasteiger partial charge in [-0.3, -0.25) is 9.89 Å². The largest absolute Gasteiger partial charge is 0.295 e. The lowest BCUT2D eigenvalue weighted by atomic mass is 10.2. The Morgan fingerprint density at radius 1 is 1.31 bits per heavy atom. The predicted molar refractivity (Wildman–Crippen MR) is 68.5 cm³/mol. The molecule has 0 unspecified atom stereocenters. The Morgan fingerprint density at radius 3 is 2.44 bits per heavy atom. The first kappa shape index (κ1) is 10.8. The molecule has 1 heterocycles. The molecule has 0 bridgehead atoms. The van der Waals surface area contributed by atoms with Crippen LogP contribution in [0, 0.1) is 6.92 Å². The Morgan fingerprint density at radius 2 is 1.94 bits per heavy atom. The van der Waals surface area contributed by atoms with E-state index in [-0.39, 0.29) is 5.56 Å². The smallest absolute Gasteiger partial charge is 0.279 e. The van der Waals surface area contributed by atoms with Crippen LogP contribution in [0.3, 0.4) is 0 Å². The van der Waals surface area contributed by atoms with Gasteiger partial charge in [0.2, 0.25) is 0 Å². The third-order valence-corrected chi connectivity index (χ3v) is 2.64. The molecule has 0 radical (unpaired) electrons. The van der Waals surface area contributed by atoms with Crippen molar-refractivity contribution in [3.05, 3.63) is 51.9 Å². The Kier molecular flexibility index (Phi) is 2.75. The highest BCUT2D eigenvalue weighted by Crippen LogP contribution is 2.07. The van der Waals surface area contributed by atoms with Crippen molar-refractivity contribution >= 4 is 17.1 Å². The van der Waals surface area contributed by atoms with Crippen LogP contribution in [0.15, 0.2) is 35.1 Å². The van der Waals surface area contributed by atoms with Gasteiger partial charge in [-0.25, -0.2) is 4.68 Å². The van der Waals surface area contributed by atoms with Crippen molar-refractivity contribution in [1.29, 1.82) is 0 Å². The van der Waals surface area contributed by atoms with Crippen molar-refractivity contribution in [3.63, 3.8) is 0 Å². The molecule has 0 aliphatic carbocycles. The topological polar surface area (TPSA) is 37.8 Å². The van der Waals surface area contributed by atoms with Crippen LogP contribution in [0.4, 0.5) is 0 Å². The number of nitrogens with zero attached hydrogens (tertiary/aromatic N) is 1. The van der Waals surface area contributed by atoms with E-state index < -0.39 is 0 Å². The number of aromatic amines is 1. The summed E-state index contributed by atoms with van der Waals surface area (Å²) < 4.78 is 1.51. The fourth-order valence-electron chi connectivity index (χ4n) is 1.72. The quantitative estimate of drug-likeness (QED) is 0.637. The zero-order chi connectivity index (χ0) is 11.7. The van der Waals surface area contributed by atoms with Crippen LogP contribution in [-0.2, 0) is 0 Å². The Hall–Kier alpha value is -1.68. The molecule has 1 aromatic heterocycles. The second-order valence-electron chi connectivity index (χ2n) is 3.64. The first-order valence-electron chi connectivity index (χ1n) is 4.99. The van der Waals surface area contributed by atoms with E-state index in [1.54, 1.807) is 6.92 Å². The monoisotopic (exact) mass is 232 g/mol. The standard InChI is InChI=1S/C12H12N2OS/c1-8-11(9(2)16)12(15)14(13-8)10-6-4-3-5-7-10/h3-7,13H,1-2H3. The predicted octanol–water partition coefficient (Wildman–Crippen LogP) is 2.21. The van der Waals surface area contributed by atoms with Gasteiger partial charge in [-0.2, -0.15) is 0 Å². The molecular formula is C12H12N2OS. The minimum atomic E-state index is -0.0869. The summed E-state index contributed by atoms with van der Waals surface area (Å²) in [6.45, 7) is 3.62. The number of rotatable bonds is 2. The van der Waals surface area contributed by atoms with Gasteiger partial charge in [-0.05, 0) is 26.0 Å². The van der Waals surface area contributed by atoms with Gasteiger partial charge in [0.25, 0.3) is 5.56 Å². The lowest BCUT2D eigenvalue weighted by Gasteiger charge is -1.99. The van der Waals surface area contributed by atoms with Crippen molar-refractivity contribution < 1.29 is 0 Å². The third-order valence-electron chi connectivity index (χ3n) is 2.44. The molecule has 1 aromatic carbocycles. The molecule has 2 aromatic rings. The summed E-state index contributed by atoms with van der Waals surface area (Å²) in [5.74, 6) is 0. The number of thiocarbonyl (C=S) groups is 1. The molecule has 0 aliphatic rings. The van der Waals surface area contributed by atoms with Gasteiger partial charge in [0.05, 0.1) is 11.3 Å². The molecule has 82 valence electrons. The zero-order valence-electron chi connectivity index (χ0n) is 9.15. The first-order valence-corrected chi connectivity index (χ1v) is 5.40. The minimum Gasteiger partial charge on any atom is -0.295 e. The van der Waals surface area contributed by atoms with Crippen molar-refractivity contribution in [3.8, 4) is 5.69 Å². The average molecular weight is 232 g/mol. The highest BCUT2D eigenvalue weighted by molar-refractivity contribution is 7.80. The highest BCUT2D eigenvalue weighted by Gasteiger charge is 2.13. The number of H-pyrrole nitrogens is 1. The number of aryl methyl sites for hydroxylation is 1. The lowest BCUT2D eigenvalue weighted by molar-refractivity contribution is 0.835. The summed E-state index contributed by atoms with van der Waals surface area (Å²) in [7, 11) is 0. The van der Waals surface area contributed by atoms with Gasteiger partial charge in [0.15, 0.2) is 0 Å². The van der Waals surface area contributed by atoms with Crippen LogP contribution in [0.2, 0.25) is 0 Å². The zero-order valence-corrected chi connectivity index (χ0v) is 9.97. The van der Waals surface area contributed by atoms with E-state index in [0.717, 1.165) is 11.4 Å². The van der Waals surface area contributed by atoms with Crippen molar-refractivity contribution in [2.45, 2.75) is 13.8 Å². The minimum absolute atomic E-state index is 0.0869. The van der Waals surface area contributed by atoms with Gasteiger partial charge < -0.3 is 0 Å². The van der Waals surface area contributed by atoms with Gasteiger partial charge >= 0.3 is 0 Å². The molecule has 0 amide bonds. The second kappa shape index (κ2) is 4.06. The normalized spacial score (nSPS) is 10.4. The number of benzene rings is 1. The van der Waals surface area contributed by atoms with E-state index >= 15 is 0 Å². The molecule has 4 heteroatoms. The highest BCUT2D eigenvalue weighted by atomic mass is 32.1. The van der Waals surface area contributed by atoms with Gasteiger partial charge in [0.1, 0.15) is 0 Å². The van der Waals surface area contributed by atoms with E-state index in [1.165, 1.54) is 4.68 Å². The molecule has 3 nitrogen and oxygen atoms in total. The molecule has 1 N–H and O–H groups in total. The summed E-state index contributed by atoms with van der Waals surface area (Å²) in [6, 6.07) is 9.44. The maximum Gasteiger partial charge on any atom is 0.279 e. The molecule has 0 saturated carbocycles. The van der Waals surface area contributed by atoms with E-state index in [4.69, 9.17) is 12.2 Å². The van der Waals surface area contributed by atoms with E-state index in [2.05, 4.69) is 5.10 Å². The number of hydrogen-bond acceptors (Lipinski definition) is 2. The van der Waals surface area contributed by atoms with Crippen molar-refractivity contribution in [1.82, 2.24) is 9.78 Å². The molecule has 0 spiro atoms.